The van der Waals surface area contributed by atoms with Crippen LogP contribution in [0.4, 0.5) is 5.69 Å². The highest BCUT2D eigenvalue weighted by Gasteiger charge is 2.22. The van der Waals surface area contributed by atoms with Crippen LogP contribution in [0.5, 0.6) is 5.75 Å². The molecule has 0 saturated heterocycles. The number of halogens is 1. The molecule has 0 saturated carbocycles. The molecule has 0 bridgehead atoms. The summed E-state index contributed by atoms with van der Waals surface area (Å²) in [7, 11) is -2.28. The number of aryl methyl sites for hydroxylation is 2. The number of hydrogen-bond acceptors (Lipinski definition) is 3. The Morgan fingerprint density at radius 2 is 1.77 bits per heavy atom. The van der Waals surface area contributed by atoms with Crippen molar-refractivity contribution in [2.45, 2.75) is 25.7 Å². The lowest BCUT2D eigenvalue weighted by Crippen LogP contribution is -2.15. The Labute approximate surface area is 139 Å². The summed E-state index contributed by atoms with van der Waals surface area (Å²) in [5, 5.41) is 0. The fourth-order valence-corrected chi connectivity index (χ4v) is 3.86. The Kier molecular flexibility index (Phi) is 4.82. The van der Waals surface area contributed by atoms with E-state index in [0.29, 0.717) is 11.4 Å². The van der Waals surface area contributed by atoms with Crippen molar-refractivity contribution >= 4 is 31.6 Å². The Balaban J connectivity index is 2.52. The van der Waals surface area contributed by atoms with E-state index >= 15 is 0 Å². The minimum Gasteiger partial charge on any atom is -0.495 e. The van der Waals surface area contributed by atoms with Crippen molar-refractivity contribution in [1.29, 1.82) is 0 Å². The van der Waals surface area contributed by atoms with Crippen molar-refractivity contribution in [3.8, 4) is 5.75 Å². The molecule has 1 N–H and O–H groups in total. The average Bonchev–Trinajstić information content (AvgIpc) is 2.46. The predicted octanol–water partition coefficient (Wildman–Crippen LogP) is 4.18. The smallest absolute Gasteiger partial charge is 0.265 e. The maximum absolute atomic E-state index is 12.7. The van der Waals surface area contributed by atoms with Gasteiger partial charge in [0.1, 0.15) is 10.6 Å². The molecule has 0 fully saturated rings. The van der Waals surface area contributed by atoms with Crippen LogP contribution in [0.2, 0.25) is 0 Å². The summed E-state index contributed by atoms with van der Waals surface area (Å²) in [6, 6.07) is 8.76. The number of benzene rings is 2. The first-order valence-electron chi connectivity index (χ1n) is 6.69. The Morgan fingerprint density at radius 3 is 2.41 bits per heavy atom. The van der Waals surface area contributed by atoms with Crippen LogP contribution in [0.1, 0.15) is 16.7 Å². The summed E-state index contributed by atoms with van der Waals surface area (Å²) >= 11 is 3.37. The zero-order valence-electron chi connectivity index (χ0n) is 12.9. The Hall–Kier alpha value is -1.53. The van der Waals surface area contributed by atoms with Gasteiger partial charge in [0.25, 0.3) is 10.0 Å². The SMILES string of the molecule is COc1cc(C)c(Br)cc1S(=O)(=O)Nc1cccc(C)c1C. The van der Waals surface area contributed by atoms with Gasteiger partial charge in [-0.3, -0.25) is 4.72 Å². The molecule has 118 valence electrons. The number of sulfonamides is 1. The summed E-state index contributed by atoms with van der Waals surface area (Å²) < 4.78 is 34.0. The summed E-state index contributed by atoms with van der Waals surface area (Å²) in [4.78, 5) is 0.105. The van der Waals surface area contributed by atoms with E-state index in [0.717, 1.165) is 21.2 Å². The van der Waals surface area contributed by atoms with Crippen LogP contribution in [-0.2, 0) is 10.0 Å². The molecule has 0 radical (unpaired) electrons. The van der Waals surface area contributed by atoms with Gasteiger partial charge in [-0.1, -0.05) is 28.1 Å². The molecule has 0 aliphatic rings. The van der Waals surface area contributed by atoms with Crippen molar-refractivity contribution in [3.05, 3.63) is 51.5 Å². The Morgan fingerprint density at radius 1 is 1.09 bits per heavy atom. The highest BCUT2D eigenvalue weighted by Crippen LogP contribution is 2.32. The van der Waals surface area contributed by atoms with Crippen LogP contribution in [0, 0.1) is 20.8 Å². The van der Waals surface area contributed by atoms with Gasteiger partial charge in [0.05, 0.1) is 12.8 Å². The first-order chi connectivity index (χ1) is 10.3. The summed E-state index contributed by atoms with van der Waals surface area (Å²) in [5.74, 6) is 0.318. The molecule has 0 unspecified atom stereocenters. The molecule has 2 aromatic rings. The molecular weight excluding hydrogens is 366 g/mol. The van der Waals surface area contributed by atoms with Gasteiger partial charge in [0.15, 0.2) is 0 Å². The van der Waals surface area contributed by atoms with Crippen LogP contribution < -0.4 is 9.46 Å². The number of rotatable bonds is 4. The monoisotopic (exact) mass is 383 g/mol. The first-order valence-corrected chi connectivity index (χ1v) is 8.97. The molecule has 4 nitrogen and oxygen atoms in total. The van der Waals surface area contributed by atoms with E-state index in [-0.39, 0.29) is 4.90 Å². The zero-order valence-corrected chi connectivity index (χ0v) is 15.3. The third kappa shape index (κ3) is 3.28. The summed E-state index contributed by atoms with van der Waals surface area (Å²) in [6.45, 7) is 5.70. The van der Waals surface area contributed by atoms with E-state index in [1.54, 1.807) is 18.2 Å². The molecule has 2 rings (SSSR count). The minimum absolute atomic E-state index is 0.105. The molecule has 0 spiro atoms. The van der Waals surface area contributed by atoms with E-state index in [2.05, 4.69) is 20.7 Å². The summed E-state index contributed by atoms with van der Waals surface area (Å²) in [6.07, 6.45) is 0. The van der Waals surface area contributed by atoms with Gasteiger partial charge in [-0.2, -0.15) is 0 Å². The second kappa shape index (κ2) is 6.30. The molecule has 6 heteroatoms. The van der Waals surface area contributed by atoms with Gasteiger partial charge in [-0.25, -0.2) is 8.42 Å². The van der Waals surface area contributed by atoms with Gasteiger partial charge in [-0.05, 0) is 55.7 Å². The summed E-state index contributed by atoms with van der Waals surface area (Å²) in [5.41, 5.74) is 3.40. The molecular formula is C16H18BrNO3S. The van der Waals surface area contributed by atoms with Crippen molar-refractivity contribution in [2.24, 2.45) is 0 Å². The third-order valence-electron chi connectivity index (χ3n) is 3.58. The van der Waals surface area contributed by atoms with Crippen LogP contribution in [0.3, 0.4) is 0 Å². The second-order valence-electron chi connectivity index (χ2n) is 5.11. The minimum atomic E-state index is -3.74. The van der Waals surface area contributed by atoms with Gasteiger partial charge in [-0.15, -0.1) is 0 Å². The number of methoxy groups -OCH3 is 1. The fraction of sp³-hybridized carbons (Fsp3) is 0.250. The van der Waals surface area contributed by atoms with E-state index in [9.17, 15) is 8.42 Å². The maximum Gasteiger partial charge on any atom is 0.265 e. The third-order valence-corrected chi connectivity index (χ3v) is 5.82. The van der Waals surface area contributed by atoms with Crippen LogP contribution >= 0.6 is 15.9 Å². The highest BCUT2D eigenvalue weighted by atomic mass is 79.9. The zero-order chi connectivity index (χ0) is 16.5. The van der Waals surface area contributed by atoms with Crippen LogP contribution in [-0.4, -0.2) is 15.5 Å². The quantitative estimate of drug-likeness (QED) is 0.860. The predicted molar refractivity (Wildman–Crippen MR) is 92.2 cm³/mol. The second-order valence-corrected chi connectivity index (χ2v) is 7.61. The van der Waals surface area contributed by atoms with Gasteiger partial charge >= 0.3 is 0 Å². The lowest BCUT2D eigenvalue weighted by molar-refractivity contribution is 0.402. The van der Waals surface area contributed by atoms with Crippen molar-refractivity contribution in [1.82, 2.24) is 0 Å². The molecule has 22 heavy (non-hydrogen) atoms. The van der Waals surface area contributed by atoms with Gasteiger partial charge < -0.3 is 4.74 Å². The van der Waals surface area contributed by atoms with Crippen molar-refractivity contribution < 1.29 is 13.2 Å². The number of ether oxygens (including phenoxy) is 1. The molecule has 2 aromatic carbocycles. The lowest BCUT2D eigenvalue weighted by atomic mass is 10.1. The first kappa shape index (κ1) is 16.8. The van der Waals surface area contributed by atoms with Crippen LogP contribution in [0.25, 0.3) is 0 Å². The van der Waals surface area contributed by atoms with E-state index in [1.807, 2.05) is 32.9 Å². The van der Waals surface area contributed by atoms with Gasteiger partial charge in [0, 0.05) is 4.47 Å². The Bertz CT molecular complexity index is 816. The average molecular weight is 384 g/mol. The molecule has 0 heterocycles. The van der Waals surface area contributed by atoms with Crippen LogP contribution in [0.15, 0.2) is 39.7 Å². The normalized spacial score (nSPS) is 11.3. The van der Waals surface area contributed by atoms with E-state index in [4.69, 9.17) is 4.74 Å². The molecule has 0 aliphatic heterocycles. The molecule has 0 atom stereocenters. The molecule has 0 amide bonds. The molecule has 0 aliphatic carbocycles. The largest absolute Gasteiger partial charge is 0.495 e. The van der Waals surface area contributed by atoms with E-state index < -0.39 is 10.0 Å². The number of anilines is 1. The maximum atomic E-state index is 12.7. The standard InChI is InChI=1S/C16H18BrNO3S/c1-10-6-5-7-14(12(10)3)18-22(19,20)16-9-13(17)11(2)8-15(16)21-4/h5-9,18H,1-4H3. The topological polar surface area (TPSA) is 55.4 Å². The lowest BCUT2D eigenvalue weighted by Gasteiger charge is -2.15. The fourth-order valence-electron chi connectivity index (χ4n) is 2.07. The molecule has 0 aromatic heterocycles. The number of hydrogen-bond donors (Lipinski definition) is 1. The van der Waals surface area contributed by atoms with Gasteiger partial charge in [0.2, 0.25) is 0 Å². The van der Waals surface area contributed by atoms with Crippen molar-refractivity contribution in [2.75, 3.05) is 11.8 Å². The number of nitrogens with one attached hydrogen (secondary N) is 1. The highest BCUT2D eigenvalue weighted by molar-refractivity contribution is 9.10. The van der Waals surface area contributed by atoms with E-state index in [1.165, 1.54) is 7.11 Å². The van der Waals surface area contributed by atoms with Crippen molar-refractivity contribution in [3.63, 3.8) is 0 Å².